The third kappa shape index (κ3) is 3.63. The number of aliphatic carboxylic acids is 1. The van der Waals surface area contributed by atoms with Crippen LogP contribution in [0.3, 0.4) is 0 Å². The number of ether oxygens (including phenoxy) is 1. The topological polar surface area (TPSA) is 87.2 Å². The van der Waals surface area contributed by atoms with E-state index in [0.717, 1.165) is 6.42 Å². The maximum atomic E-state index is 12.8. The Morgan fingerprint density at radius 1 is 1.39 bits per heavy atom. The number of carbonyl (C=O) groups excluding carboxylic acids is 2. The average Bonchev–Trinajstić information content (AvgIpc) is 3.15. The van der Waals surface area contributed by atoms with Crippen molar-refractivity contribution in [2.45, 2.75) is 32.2 Å². The second-order valence-electron chi connectivity index (χ2n) is 6.16. The molecule has 2 amide bonds. The number of carbonyl (C=O) groups is 3. The molecule has 0 aromatic heterocycles. The molecule has 2 atom stereocenters. The fraction of sp³-hybridized carbons (Fsp3) is 0.800. The van der Waals surface area contributed by atoms with E-state index < -0.39 is 17.4 Å². The average molecular weight is 344 g/mol. The number of hydrogen-bond donors (Lipinski definition) is 1. The van der Waals surface area contributed by atoms with Gasteiger partial charge in [0.25, 0.3) is 0 Å². The van der Waals surface area contributed by atoms with E-state index in [0.29, 0.717) is 31.0 Å². The van der Waals surface area contributed by atoms with Gasteiger partial charge in [-0.15, -0.1) is 11.8 Å². The Morgan fingerprint density at radius 3 is 2.74 bits per heavy atom. The smallest absolute Gasteiger partial charge is 0.313 e. The number of carboxylic acid groups (broad SMARTS) is 1. The minimum Gasteiger partial charge on any atom is -0.481 e. The van der Waals surface area contributed by atoms with Gasteiger partial charge in [-0.1, -0.05) is 6.92 Å². The second kappa shape index (κ2) is 7.53. The molecule has 0 spiro atoms. The molecule has 130 valence electrons. The number of carboxylic acids is 1. The molecule has 0 saturated carbocycles. The lowest BCUT2D eigenvalue weighted by Gasteiger charge is -2.28. The van der Waals surface area contributed by atoms with Gasteiger partial charge in [0.1, 0.15) is 11.5 Å². The summed E-state index contributed by atoms with van der Waals surface area (Å²) in [4.78, 5) is 39.7. The van der Waals surface area contributed by atoms with Gasteiger partial charge in [-0.05, 0) is 12.8 Å². The molecule has 1 N–H and O–H groups in total. The largest absolute Gasteiger partial charge is 0.481 e. The van der Waals surface area contributed by atoms with E-state index in [4.69, 9.17) is 4.74 Å². The number of likely N-dealkylation sites (tertiary alicyclic amines) is 1. The number of amides is 2. The Labute approximate surface area is 140 Å². The monoisotopic (exact) mass is 344 g/mol. The molecule has 23 heavy (non-hydrogen) atoms. The fourth-order valence-electron chi connectivity index (χ4n) is 3.15. The van der Waals surface area contributed by atoms with Crippen molar-refractivity contribution in [2.75, 3.05) is 38.4 Å². The van der Waals surface area contributed by atoms with Gasteiger partial charge in [0.05, 0.1) is 12.5 Å². The van der Waals surface area contributed by atoms with E-state index in [9.17, 15) is 19.5 Å². The lowest BCUT2D eigenvalue weighted by atomic mass is 9.88. The van der Waals surface area contributed by atoms with E-state index in [1.807, 2.05) is 6.92 Å². The van der Waals surface area contributed by atoms with Crippen molar-refractivity contribution in [1.82, 2.24) is 9.80 Å². The molecule has 2 fully saturated rings. The quantitative estimate of drug-likeness (QED) is 0.761. The highest BCUT2D eigenvalue weighted by atomic mass is 32.2. The molecule has 2 aliphatic heterocycles. The zero-order valence-corrected chi connectivity index (χ0v) is 14.4. The van der Waals surface area contributed by atoms with Crippen LogP contribution in [0, 0.1) is 5.41 Å². The molecule has 8 heteroatoms. The van der Waals surface area contributed by atoms with Crippen LogP contribution in [0.1, 0.15) is 26.2 Å². The van der Waals surface area contributed by atoms with Crippen LogP contribution in [-0.4, -0.2) is 77.2 Å². The maximum Gasteiger partial charge on any atom is 0.313 e. The van der Waals surface area contributed by atoms with E-state index in [-0.39, 0.29) is 25.0 Å². The van der Waals surface area contributed by atoms with Crippen LogP contribution in [0.5, 0.6) is 0 Å². The highest BCUT2D eigenvalue weighted by Gasteiger charge is 2.48. The molecule has 0 radical (unpaired) electrons. The van der Waals surface area contributed by atoms with E-state index in [1.165, 1.54) is 7.11 Å². The van der Waals surface area contributed by atoms with Crippen molar-refractivity contribution in [3.05, 3.63) is 0 Å². The summed E-state index contributed by atoms with van der Waals surface area (Å²) in [6.45, 7) is 2.56. The van der Waals surface area contributed by atoms with E-state index >= 15 is 0 Å². The van der Waals surface area contributed by atoms with Gasteiger partial charge in [-0.25, -0.2) is 0 Å². The highest BCUT2D eigenvalue weighted by Crippen LogP contribution is 2.33. The van der Waals surface area contributed by atoms with Crippen LogP contribution >= 0.6 is 11.8 Å². The first-order valence-electron chi connectivity index (χ1n) is 7.83. The Balaban J connectivity index is 2.06. The van der Waals surface area contributed by atoms with Gasteiger partial charge in [-0.3, -0.25) is 14.4 Å². The molecule has 2 unspecified atom stereocenters. The van der Waals surface area contributed by atoms with Crippen molar-refractivity contribution >= 4 is 29.5 Å². The predicted octanol–water partition coefficient (Wildman–Crippen LogP) is 0.638. The molecule has 7 nitrogen and oxygen atoms in total. The molecule has 2 saturated heterocycles. The van der Waals surface area contributed by atoms with E-state index in [1.54, 1.807) is 21.6 Å². The number of thioether (sulfide) groups is 1. The molecule has 0 aromatic carbocycles. The maximum absolute atomic E-state index is 12.8. The Morgan fingerprint density at radius 2 is 2.13 bits per heavy atom. The number of rotatable bonds is 6. The number of hydrogen-bond acceptors (Lipinski definition) is 5. The van der Waals surface area contributed by atoms with Gasteiger partial charge < -0.3 is 19.6 Å². The summed E-state index contributed by atoms with van der Waals surface area (Å²) in [6.07, 6.45) is 1.57. The minimum absolute atomic E-state index is 0.00330. The van der Waals surface area contributed by atoms with Crippen LogP contribution in [0.2, 0.25) is 0 Å². The van der Waals surface area contributed by atoms with Gasteiger partial charge >= 0.3 is 5.97 Å². The first-order chi connectivity index (χ1) is 10.9. The van der Waals surface area contributed by atoms with Crippen molar-refractivity contribution in [3.63, 3.8) is 0 Å². The lowest BCUT2D eigenvalue weighted by Crippen LogP contribution is -2.49. The molecular weight excluding hydrogens is 320 g/mol. The summed E-state index contributed by atoms with van der Waals surface area (Å²) in [7, 11) is 1.47. The van der Waals surface area contributed by atoms with Crippen molar-refractivity contribution in [1.29, 1.82) is 0 Å². The van der Waals surface area contributed by atoms with Gasteiger partial charge in [0.2, 0.25) is 11.8 Å². The summed E-state index contributed by atoms with van der Waals surface area (Å²) < 4.78 is 5.05. The third-order valence-electron chi connectivity index (χ3n) is 4.49. The molecule has 2 rings (SSSR count). The van der Waals surface area contributed by atoms with Crippen LogP contribution in [0.25, 0.3) is 0 Å². The summed E-state index contributed by atoms with van der Waals surface area (Å²) in [6, 6.07) is -0.466. The summed E-state index contributed by atoms with van der Waals surface area (Å²) in [5, 5.41) is 9.48. The Hall–Kier alpha value is -1.28. The van der Waals surface area contributed by atoms with Crippen molar-refractivity contribution in [2.24, 2.45) is 5.41 Å². The van der Waals surface area contributed by atoms with Crippen molar-refractivity contribution in [3.8, 4) is 0 Å². The van der Waals surface area contributed by atoms with Gasteiger partial charge in [0, 0.05) is 32.4 Å². The molecular formula is C15H24N2O5S. The number of methoxy groups -OCH3 is 1. The lowest BCUT2D eigenvalue weighted by molar-refractivity contribution is -0.152. The van der Waals surface area contributed by atoms with Crippen LogP contribution in [0.15, 0.2) is 0 Å². The zero-order chi connectivity index (χ0) is 17.0. The predicted molar refractivity (Wildman–Crippen MR) is 86.0 cm³/mol. The first-order valence-corrected chi connectivity index (χ1v) is 8.99. The standard InChI is InChI=1S/C15H24N2O5S/c1-3-4-12(18)17-10-23-7-11(17)13(19)16-6-5-15(8-16,9-22-2)14(20)21/h11H,3-10H2,1-2H3,(H,20,21). The SMILES string of the molecule is CCCC(=O)N1CSCC1C(=O)N1CCC(COC)(C(=O)O)C1. The molecule has 0 aromatic rings. The molecule has 2 heterocycles. The Kier molecular flexibility index (Phi) is 5.91. The molecule has 0 bridgehead atoms. The minimum atomic E-state index is -1.03. The normalized spacial score (nSPS) is 27.5. The zero-order valence-electron chi connectivity index (χ0n) is 13.6. The van der Waals surface area contributed by atoms with Crippen molar-refractivity contribution < 1.29 is 24.2 Å². The summed E-state index contributed by atoms with van der Waals surface area (Å²) >= 11 is 1.56. The number of nitrogens with zero attached hydrogens (tertiary/aromatic N) is 2. The molecule has 2 aliphatic rings. The van der Waals surface area contributed by atoms with E-state index in [2.05, 4.69) is 0 Å². The Bertz CT molecular complexity index is 486. The van der Waals surface area contributed by atoms with Gasteiger partial charge in [0.15, 0.2) is 0 Å². The molecule has 0 aliphatic carbocycles. The second-order valence-corrected chi connectivity index (χ2v) is 7.16. The summed E-state index contributed by atoms with van der Waals surface area (Å²) in [5.74, 6) is 0.0323. The third-order valence-corrected chi connectivity index (χ3v) is 5.50. The van der Waals surface area contributed by atoms with Gasteiger partial charge in [-0.2, -0.15) is 0 Å². The van der Waals surface area contributed by atoms with Crippen LogP contribution in [-0.2, 0) is 19.1 Å². The highest BCUT2D eigenvalue weighted by molar-refractivity contribution is 7.99. The summed E-state index contributed by atoms with van der Waals surface area (Å²) in [5.41, 5.74) is -1.03. The first kappa shape index (κ1) is 18.1. The van der Waals surface area contributed by atoms with Crippen LogP contribution in [0.4, 0.5) is 0 Å². The van der Waals surface area contributed by atoms with Crippen LogP contribution < -0.4 is 0 Å². The fourth-order valence-corrected chi connectivity index (χ4v) is 4.32.